The summed E-state index contributed by atoms with van der Waals surface area (Å²) in [4.78, 5) is 31.1. The largest absolute Gasteiger partial charge is 0.507 e. The summed E-state index contributed by atoms with van der Waals surface area (Å²) in [5.41, 5.74) is 2.26. The highest BCUT2D eigenvalue weighted by Crippen LogP contribution is 2.41. The van der Waals surface area contributed by atoms with Gasteiger partial charge in [0.25, 0.3) is 11.7 Å². The van der Waals surface area contributed by atoms with E-state index in [0.29, 0.717) is 42.5 Å². The molecule has 0 bridgehead atoms. The fourth-order valence-corrected chi connectivity index (χ4v) is 4.82. The maximum Gasteiger partial charge on any atom is 0.295 e. The quantitative estimate of drug-likeness (QED) is 0.185. The molecular formula is C29H33ClN3O4+. The van der Waals surface area contributed by atoms with Crippen LogP contribution in [0.15, 0.2) is 66.8 Å². The minimum absolute atomic E-state index is 0.0484. The highest BCUT2D eigenvalue weighted by molar-refractivity contribution is 6.46. The number of nitrogens with zero attached hydrogens (tertiary/aromatic N) is 2. The number of Topliss-reactive ketones (excluding diaryl/α,β-unsaturated/α-hetero) is 1. The number of ketones is 1. The highest BCUT2D eigenvalue weighted by Gasteiger charge is 2.46. The molecular weight excluding hydrogens is 490 g/mol. The van der Waals surface area contributed by atoms with Gasteiger partial charge >= 0.3 is 0 Å². The van der Waals surface area contributed by atoms with Gasteiger partial charge in [-0.3, -0.25) is 14.6 Å². The molecule has 0 saturated carbocycles. The van der Waals surface area contributed by atoms with Gasteiger partial charge in [0.2, 0.25) is 6.33 Å². The summed E-state index contributed by atoms with van der Waals surface area (Å²) < 4.78 is 7.47. The molecule has 3 aromatic rings. The van der Waals surface area contributed by atoms with Crippen molar-refractivity contribution in [3.63, 3.8) is 0 Å². The van der Waals surface area contributed by atoms with Crippen molar-refractivity contribution in [3.8, 4) is 5.75 Å². The Balaban J connectivity index is 1.75. The predicted octanol–water partition coefficient (Wildman–Crippen LogP) is 5.16. The normalized spacial score (nSPS) is 17.4. The standard InChI is InChI=1S/C29H32ClN3O4/c1-5-37-23-12-9-20(17-22(23)30)26(34)24-25(19-7-10-21(11-8-19)29(2,3)4)33(28(36)27(24)35)15-6-14-32-16-13-31-18-32/h7-13,16-18,25H,5-6,14-15H2,1-4H3,(H,34,35)/p+1. The van der Waals surface area contributed by atoms with Crippen LogP contribution < -0.4 is 9.30 Å². The van der Waals surface area contributed by atoms with Gasteiger partial charge in [0, 0.05) is 18.5 Å². The monoisotopic (exact) mass is 522 g/mol. The molecule has 1 unspecified atom stereocenters. The smallest absolute Gasteiger partial charge is 0.295 e. The zero-order valence-electron chi connectivity index (χ0n) is 21.6. The third-order valence-electron chi connectivity index (χ3n) is 6.56. The Hall–Kier alpha value is -3.58. The van der Waals surface area contributed by atoms with E-state index >= 15 is 0 Å². The van der Waals surface area contributed by atoms with Crippen molar-refractivity contribution in [3.05, 3.63) is 88.5 Å². The number of hydrogen-bond acceptors (Lipinski definition) is 4. The van der Waals surface area contributed by atoms with Crippen LogP contribution in [0.4, 0.5) is 0 Å². The van der Waals surface area contributed by atoms with E-state index in [1.54, 1.807) is 23.1 Å². The molecule has 2 heterocycles. The van der Waals surface area contributed by atoms with Crippen LogP contribution in [0.1, 0.15) is 56.8 Å². The van der Waals surface area contributed by atoms with E-state index in [-0.39, 0.29) is 16.7 Å². The molecule has 4 rings (SSSR count). The van der Waals surface area contributed by atoms with Crippen molar-refractivity contribution in [2.75, 3.05) is 13.2 Å². The molecule has 7 nitrogen and oxygen atoms in total. The lowest BCUT2D eigenvalue weighted by molar-refractivity contribution is -0.695. The highest BCUT2D eigenvalue weighted by atomic mass is 35.5. The minimum Gasteiger partial charge on any atom is -0.507 e. The number of carbonyl (C=O) groups is 2. The average Bonchev–Trinajstić information content (AvgIpc) is 3.47. The number of amides is 1. The number of halogens is 1. The molecule has 2 N–H and O–H groups in total. The van der Waals surface area contributed by atoms with Crippen LogP contribution in [-0.4, -0.2) is 39.8 Å². The first kappa shape index (κ1) is 26.5. The second-order valence-electron chi connectivity index (χ2n) is 10.1. The van der Waals surface area contributed by atoms with E-state index in [4.69, 9.17) is 16.3 Å². The van der Waals surface area contributed by atoms with E-state index in [2.05, 4.69) is 25.8 Å². The summed E-state index contributed by atoms with van der Waals surface area (Å²) in [6.45, 7) is 9.71. The van der Waals surface area contributed by atoms with Crippen molar-refractivity contribution in [1.29, 1.82) is 0 Å². The first-order valence-corrected chi connectivity index (χ1v) is 12.8. The van der Waals surface area contributed by atoms with Crippen molar-refractivity contribution in [2.24, 2.45) is 0 Å². The molecule has 0 radical (unpaired) electrons. The molecule has 8 heteroatoms. The molecule has 0 aliphatic carbocycles. The number of aliphatic hydroxyl groups is 1. The van der Waals surface area contributed by atoms with Crippen LogP contribution in [0.25, 0.3) is 5.76 Å². The molecule has 2 aromatic carbocycles. The molecule has 194 valence electrons. The number of hydrogen-bond donors (Lipinski definition) is 2. The number of carbonyl (C=O) groups excluding carboxylic acids is 2. The zero-order chi connectivity index (χ0) is 26.7. The van der Waals surface area contributed by atoms with Crippen LogP contribution >= 0.6 is 11.6 Å². The van der Waals surface area contributed by atoms with Crippen LogP contribution in [0.5, 0.6) is 5.75 Å². The second-order valence-corrected chi connectivity index (χ2v) is 10.6. The number of H-pyrrole nitrogens is 1. The number of benzene rings is 2. The van der Waals surface area contributed by atoms with Crippen LogP contribution in [0.2, 0.25) is 5.02 Å². The Labute approximate surface area is 222 Å². The van der Waals surface area contributed by atoms with Gasteiger partial charge in [0.05, 0.1) is 29.8 Å². The van der Waals surface area contributed by atoms with Gasteiger partial charge in [-0.25, -0.2) is 4.57 Å². The lowest BCUT2D eigenvalue weighted by atomic mass is 9.85. The molecule has 0 spiro atoms. The molecule has 37 heavy (non-hydrogen) atoms. The molecule has 1 atom stereocenters. The average molecular weight is 523 g/mol. The van der Waals surface area contributed by atoms with Gasteiger partial charge in [0.15, 0.2) is 0 Å². The van der Waals surface area contributed by atoms with Crippen molar-refractivity contribution >= 4 is 29.1 Å². The fourth-order valence-electron chi connectivity index (χ4n) is 4.58. The van der Waals surface area contributed by atoms with Crippen LogP contribution in [0, 0.1) is 0 Å². The Morgan fingerprint density at radius 3 is 2.49 bits per heavy atom. The van der Waals surface area contributed by atoms with Crippen molar-refractivity contribution in [2.45, 2.75) is 52.1 Å². The van der Waals surface area contributed by atoms with Crippen molar-refractivity contribution < 1.29 is 24.0 Å². The maximum atomic E-state index is 13.3. The number of aryl methyl sites for hydroxylation is 1. The van der Waals surface area contributed by atoms with Gasteiger partial charge in [-0.2, -0.15) is 0 Å². The first-order valence-electron chi connectivity index (χ1n) is 12.4. The first-order chi connectivity index (χ1) is 17.6. The van der Waals surface area contributed by atoms with E-state index < -0.39 is 17.7 Å². The fraction of sp³-hybridized carbons (Fsp3) is 0.345. The molecule has 1 fully saturated rings. The molecule has 1 saturated heterocycles. The number of aromatic nitrogens is 2. The minimum atomic E-state index is -0.712. The Morgan fingerprint density at radius 1 is 1.16 bits per heavy atom. The summed E-state index contributed by atoms with van der Waals surface area (Å²) >= 11 is 6.36. The summed E-state index contributed by atoms with van der Waals surface area (Å²) in [7, 11) is 0. The Kier molecular flexibility index (Phi) is 7.73. The van der Waals surface area contributed by atoms with Gasteiger partial charge < -0.3 is 14.7 Å². The summed E-state index contributed by atoms with van der Waals surface area (Å²) in [5.74, 6) is -1.10. The SMILES string of the molecule is CCOc1ccc(C(O)=C2C(=O)C(=O)N(CCC[n+]3cc[nH]c3)C2c2ccc(C(C)(C)C)cc2)cc1Cl. The van der Waals surface area contributed by atoms with E-state index in [0.717, 1.165) is 11.1 Å². The lowest BCUT2D eigenvalue weighted by Crippen LogP contribution is -2.36. The molecule has 1 aliphatic heterocycles. The number of imidazole rings is 1. The van der Waals surface area contributed by atoms with E-state index in [9.17, 15) is 14.7 Å². The number of rotatable bonds is 8. The third kappa shape index (κ3) is 5.57. The Morgan fingerprint density at radius 2 is 1.89 bits per heavy atom. The predicted molar refractivity (Wildman–Crippen MR) is 142 cm³/mol. The van der Waals surface area contributed by atoms with Crippen LogP contribution in [-0.2, 0) is 21.5 Å². The number of aromatic amines is 1. The zero-order valence-corrected chi connectivity index (χ0v) is 22.4. The van der Waals surface area contributed by atoms with Gasteiger partial charge in [0.1, 0.15) is 23.9 Å². The molecule has 1 amide bonds. The van der Waals surface area contributed by atoms with E-state index in [1.165, 1.54) is 0 Å². The summed E-state index contributed by atoms with van der Waals surface area (Å²) in [6.07, 6.45) is 6.21. The Bertz CT molecular complexity index is 1310. The number of nitrogens with one attached hydrogen (secondary N) is 1. The topological polar surface area (TPSA) is 86.5 Å². The summed E-state index contributed by atoms with van der Waals surface area (Å²) in [5, 5.41) is 11.6. The van der Waals surface area contributed by atoms with Gasteiger partial charge in [-0.05, 0) is 41.7 Å². The number of ether oxygens (including phenoxy) is 1. The second kappa shape index (κ2) is 10.8. The third-order valence-corrected chi connectivity index (χ3v) is 6.85. The lowest BCUT2D eigenvalue weighted by Gasteiger charge is -2.26. The molecule has 1 aromatic heterocycles. The molecule has 1 aliphatic rings. The number of aliphatic hydroxyl groups excluding tert-OH is 1. The maximum absolute atomic E-state index is 13.3. The van der Waals surface area contributed by atoms with Crippen LogP contribution in [0.3, 0.4) is 0 Å². The van der Waals surface area contributed by atoms with Gasteiger partial charge in [-0.1, -0.05) is 56.6 Å². The van der Waals surface area contributed by atoms with E-state index in [1.807, 2.05) is 54.5 Å². The summed E-state index contributed by atoms with van der Waals surface area (Å²) in [6, 6.07) is 12.0. The van der Waals surface area contributed by atoms with Gasteiger partial charge in [-0.15, -0.1) is 0 Å². The van der Waals surface area contributed by atoms with Crippen molar-refractivity contribution in [1.82, 2.24) is 9.88 Å². The number of likely N-dealkylation sites (tertiary alicyclic amines) is 1.